The number of rotatable bonds is 4. The number of pyridine rings is 1. The van der Waals surface area contributed by atoms with Crippen LogP contribution in [0.25, 0.3) is 0 Å². The first kappa shape index (κ1) is 11.8. The lowest BCUT2D eigenvalue weighted by atomic mass is 10.0. The third kappa shape index (κ3) is 2.36. The first-order chi connectivity index (χ1) is 8.24. The summed E-state index contributed by atoms with van der Waals surface area (Å²) < 4.78 is 1.93. The van der Waals surface area contributed by atoms with Crippen LogP contribution in [-0.4, -0.2) is 21.3 Å². The molecule has 0 aromatic carbocycles. The molecule has 2 aromatic heterocycles. The summed E-state index contributed by atoms with van der Waals surface area (Å²) in [5.74, 6) is 0. The Labute approximate surface area is 102 Å². The first-order valence-corrected chi connectivity index (χ1v) is 5.85. The van der Waals surface area contributed by atoms with E-state index < -0.39 is 0 Å². The topological polar surface area (TPSA) is 42.7 Å². The van der Waals surface area contributed by atoms with Gasteiger partial charge in [-0.05, 0) is 30.7 Å². The van der Waals surface area contributed by atoms with Crippen LogP contribution in [0.2, 0.25) is 0 Å². The number of hydrogen-bond acceptors (Lipinski definition) is 3. The lowest BCUT2D eigenvalue weighted by Crippen LogP contribution is -2.25. The average molecular weight is 230 g/mol. The molecular formula is C13H18N4. The van der Waals surface area contributed by atoms with Gasteiger partial charge in [-0.25, -0.2) is 0 Å². The molecule has 0 bridgehead atoms. The van der Waals surface area contributed by atoms with Gasteiger partial charge in [-0.1, -0.05) is 13.0 Å². The fourth-order valence-corrected chi connectivity index (χ4v) is 2.09. The lowest BCUT2D eigenvalue weighted by molar-refractivity contribution is 0.569. The Morgan fingerprint density at radius 2 is 2.24 bits per heavy atom. The lowest BCUT2D eigenvalue weighted by Gasteiger charge is -2.19. The van der Waals surface area contributed by atoms with Gasteiger partial charge in [-0.3, -0.25) is 9.67 Å². The third-order valence-electron chi connectivity index (χ3n) is 2.88. The maximum Gasteiger partial charge on any atom is 0.0765 e. The molecule has 90 valence electrons. The van der Waals surface area contributed by atoms with Gasteiger partial charge in [-0.15, -0.1) is 0 Å². The van der Waals surface area contributed by atoms with Crippen LogP contribution in [0.1, 0.15) is 29.8 Å². The van der Waals surface area contributed by atoms with Crippen LogP contribution >= 0.6 is 0 Å². The van der Waals surface area contributed by atoms with Crippen molar-refractivity contribution in [3.05, 3.63) is 47.5 Å². The molecule has 0 amide bonds. The molecule has 0 radical (unpaired) electrons. The van der Waals surface area contributed by atoms with Crippen molar-refractivity contribution < 1.29 is 0 Å². The summed E-state index contributed by atoms with van der Waals surface area (Å²) in [5, 5.41) is 7.78. The number of nitrogens with one attached hydrogen (secondary N) is 1. The van der Waals surface area contributed by atoms with Gasteiger partial charge in [0.05, 0.1) is 17.9 Å². The van der Waals surface area contributed by atoms with Crippen LogP contribution in [0, 0.1) is 6.92 Å². The summed E-state index contributed by atoms with van der Waals surface area (Å²) in [4.78, 5) is 4.19. The van der Waals surface area contributed by atoms with Gasteiger partial charge in [0.25, 0.3) is 0 Å². The molecule has 0 spiro atoms. The summed E-state index contributed by atoms with van der Waals surface area (Å²) in [7, 11) is 1.98. The fraction of sp³-hybridized carbons (Fsp3) is 0.385. The van der Waals surface area contributed by atoms with Crippen LogP contribution in [0.5, 0.6) is 0 Å². The molecular weight excluding hydrogens is 212 g/mol. The van der Waals surface area contributed by atoms with Crippen molar-refractivity contribution >= 4 is 0 Å². The van der Waals surface area contributed by atoms with Crippen molar-refractivity contribution in [2.45, 2.75) is 19.9 Å². The molecule has 0 aliphatic heterocycles. The van der Waals surface area contributed by atoms with E-state index in [0.29, 0.717) is 0 Å². The minimum absolute atomic E-state index is 0.154. The third-order valence-corrected chi connectivity index (χ3v) is 2.88. The van der Waals surface area contributed by atoms with Gasteiger partial charge in [0.1, 0.15) is 0 Å². The standard InChI is InChI=1S/C13H18N4/c1-4-15-12(11-6-5-7-14-9-11)13-10(2)8-16-17(13)3/h5-9,12,15H,4H2,1-3H3. The van der Waals surface area contributed by atoms with Crippen LogP contribution in [0.15, 0.2) is 30.7 Å². The maximum atomic E-state index is 4.30. The Morgan fingerprint density at radius 3 is 2.76 bits per heavy atom. The van der Waals surface area contributed by atoms with Gasteiger partial charge in [0, 0.05) is 19.4 Å². The number of aromatic nitrogens is 3. The summed E-state index contributed by atoms with van der Waals surface area (Å²) >= 11 is 0. The van der Waals surface area contributed by atoms with Crippen molar-refractivity contribution in [2.24, 2.45) is 7.05 Å². The maximum absolute atomic E-state index is 4.30. The fourth-order valence-electron chi connectivity index (χ4n) is 2.09. The minimum atomic E-state index is 0.154. The molecule has 17 heavy (non-hydrogen) atoms. The first-order valence-electron chi connectivity index (χ1n) is 5.85. The van der Waals surface area contributed by atoms with Gasteiger partial charge in [0.15, 0.2) is 0 Å². The van der Waals surface area contributed by atoms with Gasteiger partial charge in [-0.2, -0.15) is 5.10 Å². The molecule has 0 saturated carbocycles. The largest absolute Gasteiger partial charge is 0.305 e. The zero-order valence-electron chi connectivity index (χ0n) is 10.5. The normalized spacial score (nSPS) is 12.6. The van der Waals surface area contributed by atoms with Gasteiger partial charge < -0.3 is 5.32 Å². The Morgan fingerprint density at radius 1 is 1.41 bits per heavy atom. The second-order valence-corrected chi connectivity index (χ2v) is 4.11. The van der Waals surface area contributed by atoms with E-state index in [1.54, 1.807) is 6.20 Å². The zero-order chi connectivity index (χ0) is 12.3. The van der Waals surface area contributed by atoms with Crippen molar-refractivity contribution in [2.75, 3.05) is 6.54 Å². The molecule has 1 atom stereocenters. The molecule has 2 rings (SSSR count). The number of hydrogen-bond donors (Lipinski definition) is 1. The molecule has 0 fully saturated rings. The minimum Gasteiger partial charge on any atom is -0.305 e. The van der Waals surface area contributed by atoms with Crippen LogP contribution in [-0.2, 0) is 7.05 Å². The van der Waals surface area contributed by atoms with E-state index in [1.165, 1.54) is 16.8 Å². The summed E-state index contributed by atoms with van der Waals surface area (Å²) in [6, 6.07) is 4.21. The summed E-state index contributed by atoms with van der Waals surface area (Å²) in [6.45, 7) is 5.10. The Balaban J connectivity index is 2.43. The van der Waals surface area contributed by atoms with Crippen molar-refractivity contribution in [1.82, 2.24) is 20.1 Å². The highest BCUT2D eigenvalue weighted by Gasteiger charge is 2.18. The van der Waals surface area contributed by atoms with Crippen LogP contribution in [0.3, 0.4) is 0 Å². The quantitative estimate of drug-likeness (QED) is 0.871. The predicted octanol–water partition coefficient (Wildman–Crippen LogP) is 1.82. The smallest absolute Gasteiger partial charge is 0.0765 e. The molecule has 1 N–H and O–H groups in total. The second kappa shape index (κ2) is 5.10. The van der Waals surface area contributed by atoms with E-state index in [0.717, 1.165) is 6.54 Å². The Bertz CT molecular complexity index is 456. The van der Waals surface area contributed by atoms with Gasteiger partial charge >= 0.3 is 0 Å². The zero-order valence-corrected chi connectivity index (χ0v) is 10.5. The van der Waals surface area contributed by atoms with E-state index in [-0.39, 0.29) is 6.04 Å². The van der Waals surface area contributed by atoms with E-state index in [2.05, 4.69) is 35.3 Å². The summed E-state index contributed by atoms with van der Waals surface area (Å²) in [6.07, 6.45) is 5.60. The van der Waals surface area contributed by atoms with Crippen molar-refractivity contribution in [3.63, 3.8) is 0 Å². The predicted molar refractivity (Wildman–Crippen MR) is 67.7 cm³/mol. The molecule has 4 nitrogen and oxygen atoms in total. The van der Waals surface area contributed by atoms with E-state index >= 15 is 0 Å². The monoisotopic (exact) mass is 230 g/mol. The number of aryl methyl sites for hydroxylation is 2. The molecule has 1 unspecified atom stereocenters. The summed E-state index contributed by atoms with van der Waals surface area (Å²) in [5.41, 5.74) is 3.56. The molecule has 0 saturated heterocycles. The van der Waals surface area contributed by atoms with E-state index in [9.17, 15) is 0 Å². The molecule has 2 heterocycles. The Hall–Kier alpha value is -1.68. The van der Waals surface area contributed by atoms with Crippen molar-refractivity contribution in [3.8, 4) is 0 Å². The molecule has 0 aliphatic rings. The Kier molecular flexibility index (Phi) is 3.54. The SMILES string of the molecule is CCNC(c1cccnc1)c1c(C)cnn1C. The van der Waals surface area contributed by atoms with E-state index in [1.807, 2.05) is 30.2 Å². The van der Waals surface area contributed by atoms with Crippen LogP contribution < -0.4 is 5.32 Å². The second-order valence-electron chi connectivity index (χ2n) is 4.11. The average Bonchev–Trinajstić information content (AvgIpc) is 2.68. The van der Waals surface area contributed by atoms with Crippen molar-refractivity contribution in [1.29, 1.82) is 0 Å². The number of nitrogens with zero attached hydrogens (tertiary/aromatic N) is 3. The highest BCUT2D eigenvalue weighted by molar-refractivity contribution is 5.30. The highest BCUT2D eigenvalue weighted by Crippen LogP contribution is 2.23. The highest BCUT2D eigenvalue weighted by atomic mass is 15.3. The molecule has 0 aliphatic carbocycles. The van der Waals surface area contributed by atoms with E-state index in [4.69, 9.17) is 0 Å². The molecule has 2 aromatic rings. The molecule has 4 heteroatoms. The van der Waals surface area contributed by atoms with Gasteiger partial charge in [0.2, 0.25) is 0 Å². The van der Waals surface area contributed by atoms with Crippen LogP contribution in [0.4, 0.5) is 0 Å².